The zero-order valence-corrected chi connectivity index (χ0v) is 13.3. The van der Waals surface area contributed by atoms with Crippen molar-refractivity contribution in [2.75, 3.05) is 0 Å². The third-order valence-corrected chi connectivity index (χ3v) is 4.85. The molecule has 0 saturated heterocycles. The van der Waals surface area contributed by atoms with Crippen molar-refractivity contribution >= 4 is 23.4 Å². The van der Waals surface area contributed by atoms with Crippen LogP contribution < -0.4 is 5.32 Å². The van der Waals surface area contributed by atoms with Crippen LogP contribution in [0.4, 0.5) is 0 Å². The number of nitrogens with zero attached hydrogens (tertiary/aromatic N) is 2. The summed E-state index contributed by atoms with van der Waals surface area (Å²) in [6.07, 6.45) is 5.16. The molecule has 1 heterocycles. The van der Waals surface area contributed by atoms with Crippen LogP contribution in [0.2, 0.25) is 5.02 Å². The molecule has 0 bridgehead atoms. The molecule has 1 aromatic carbocycles. The lowest BCUT2D eigenvalue weighted by Gasteiger charge is -2.08. The number of halogens is 1. The molecule has 2 aromatic rings. The molecule has 1 aliphatic rings. The molecule has 6 heteroatoms. The van der Waals surface area contributed by atoms with Crippen LogP contribution in [0.5, 0.6) is 0 Å². The zero-order chi connectivity index (χ0) is 14.5. The molecule has 3 rings (SSSR count). The first-order valence-corrected chi connectivity index (χ1v) is 8.59. The fourth-order valence-electron chi connectivity index (χ4n) is 2.46. The minimum Gasteiger partial charge on any atom is -0.338 e. The van der Waals surface area contributed by atoms with Gasteiger partial charge in [0.1, 0.15) is 0 Å². The van der Waals surface area contributed by atoms with Crippen LogP contribution in [-0.2, 0) is 12.3 Å². The number of nitrogens with one attached hydrogen (secondary N) is 1. The molecule has 0 aliphatic heterocycles. The smallest absolute Gasteiger partial charge is 0.240 e. The SMILES string of the molecule is Clc1ccc(SCc2noc(CNC3CCCC3)n2)cc1. The number of hydrogen-bond acceptors (Lipinski definition) is 5. The number of hydrogen-bond donors (Lipinski definition) is 1. The molecule has 1 aromatic heterocycles. The molecule has 0 amide bonds. The molecule has 1 aliphatic carbocycles. The van der Waals surface area contributed by atoms with E-state index in [9.17, 15) is 0 Å². The molecular formula is C15H18ClN3OS. The van der Waals surface area contributed by atoms with Crippen molar-refractivity contribution in [1.29, 1.82) is 0 Å². The molecule has 1 N–H and O–H groups in total. The average Bonchev–Trinajstić information content (AvgIpc) is 3.16. The molecule has 1 saturated carbocycles. The Labute approximate surface area is 133 Å². The second-order valence-corrected chi connectivity index (χ2v) is 6.69. The number of thioether (sulfide) groups is 1. The Hall–Kier alpha value is -1.04. The summed E-state index contributed by atoms with van der Waals surface area (Å²) >= 11 is 7.54. The van der Waals surface area contributed by atoms with Crippen molar-refractivity contribution in [3.05, 3.63) is 41.0 Å². The Kier molecular flexibility index (Phi) is 5.17. The molecule has 0 spiro atoms. The van der Waals surface area contributed by atoms with Gasteiger partial charge in [0.15, 0.2) is 5.82 Å². The summed E-state index contributed by atoms with van der Waals surface area (Å²) in [6.45, 7) is 0.670. The summed E-state index contributed by atoms with van der Waals surface area (Å²) in [5.74, 6) is 2.11. The van der Waals surface area contributed by atoms with Crippen molar-refractivity contribution in [2.45, 2.75) is 48.9 Å². The van der Waals surface area contributed by atoms with Gasteiger partial charge in [0, 0.05) is 16.0 Å². The van der Waals surface area contributed by atoms with Crippen LogP contribution in [0.15, 0.2) is 33.7 Å². The van der Waals surface area contributed by atoms with Gasteiger partial charge < -0.3 is 9.84 Å². The highest BCUT2D eigenvalue weighted by Gasteiger charge is 2.15. The van der Waals surface area contributed by atoms with Gasteiger partial charge in [-0.3, -0.25) is 0 Å². The van der Waals surface area contributed by atoms with Gasteiger partial charge in [-0.25, -0.2) is 0 Å². The zero-order valence-electron chi connectivity index (χ0n) is 11.7. The highest BCUT2D eigenvalue weighted by Crippen LogP contribution is 2.23. The Morgan fingerprint density at radius 3 is 2.76 bits per heavy atom. The lowest BCUT2D eigenvalue weighted by Crippen LogP contribution is -2.25. The van der Waals surface area contributed by atoms with Crippen molar-refractivity contribution in [1.82, 2.24) is 15.5 Å². The first kappa shape index (κ1) is 14.9. The van der Waals surface area contributed by atoms with Crippen LogP contribution in [0.25, 0.3) is 0 Å². The second-order valence-electron chi connectivity index (χ2n) is 5.21. The minimum atomic E-state index is 0.615. The van der Waals surface area contributed by atoms with E-state index in [-0.39, 0.29) is 0 Å². The van der Waals surface area contributed by atoms with Gasteiger partial charge in [-0.2, -0.15) is 4.98 Å². The first-order chi connectivity index (χ1) is 10.3. The van der Waals surface area contributed by atoms with Gasteiger partial charge in [0.25, 0.3) is 0 Å². The largest absolute Gasteiger partial charge is 0.338 e. The third kappa shape index (κ3) is 4.46. The van der Waals surface area contributed by atoms with Crippen molar-refractivity contribution in [3.63, 3.8) is 0 Å². The van der Waals surface area contributed by atoms with E-state index in [1.807, 2.05) is 24.3 Å². The monoisotopic (exact) mass is 323 g/mol. The quantitative estimate of drug-likeness (QED) is 0.813. The normalized spacial score (nSPS) is 15.7. The van der Waals surface area contributed by atoms with E-state index < -0.39 is 0 Å². The molecule has 0 radical (unpaired) electrons. The van der Waals surface area contributed by atoms with Gasteiger partial charge in [0.05, 0.1) is 12.3 Å². The van der Waals surface area contributed by atoms with Crippen molar-refractivity contribution in [2.24, 2.45) is 0 Å². The topological polar surface area (TPSA) is 51.0 Å². The Balaban J connectivity index is 1.46. The van der Waals surface area contributed by atoms with E-state index in [4.69, 9.17) is 16.1 Å². The van der Waals surface area contributed by atoms with Crippen LogP contribution in [0.3, 0.4) is 0 Å². The van der Waals surface area contributed by atoms with Crippen LogP contribution >= 0.6 is 23.4 Å². The first-order valence-electron chi connectivity index (χ1n) is 7.23. The van der Waals surface area contributed by atoms with E-state index >= 15 is 0 Å². The third-order valence-electron chi connectivity index (χ3n) is 3.59. The van der Waals surface area contributed by atoms with Gasteiger partial charge in [0.2, 0.25) is 5.89 Å². The molecule has 0 unspecified atom stereocenters. The highest BCUT2D eigenvalue weighted by molar-refractivity contribution is 7.98. The fraction of sp³-hybridized carbons (Fsp3) is 0.467. The van der Waals surface area contributed by atoms with E-state index in [1.165, 1.54) is 25.7 Å². The molecule has 0 atom stereocenters. The lowest BCUT2D eigenvalue weighted by atomic mass is 10.2. The lowest BCUT2D eigenvalue weighted by molar-refractivity contribution is 0.354. The number of benzene rings is 1. The second kappa shape index (κ2) is 7.29. The summed E-state index contributed by atoms with van der Waals surface area (Å²) in [4.78, 5) is 5.56. The standard InChI is InChI=1S/C15H18ClN3OS/c16-11-5-7-13(8-6-11)21-10-14-18-15(20-19-14)9-17-12-3-1-2-4-12/h5-8,12,17H,1-4,9-10H2. The summed E-state index contributed by atoms with van der Waals surface area (Å²) in [5, 5.41) is 8.24. The van der Waals surface area contributed by atoms with Gasteiger partial charge in [-0.05, 0) is 37.1 Å². The van der Waals surface area contributed by atoms with Crippen LogP contribution in [-0.4, -0.2) is 16.2 Å². The summed E-state index contributed by atoms with van der Waals surface area (Å²) < 4.78 is 5.27. The van der Waals surface area contributed by atoms with Crippen LogP contribution in [0.1, 0.15) is 37.4 Å². The summed E-state index contributed by atoms with van der Waals surface area (Å²) in [5.41, 5.74) is 0. The van der Waals surface area contributed by atoms with Gasteiger partial charge >= 0.3 is 0 Å². The maximum absolute atomic E-state index is 5.86. The molecule has 4 nitrogen and oxygen atoms in total. The van der Waals surface area contributed by atoms with E-state index in [0.29, 0.717) is 24.2 Å². The maximum Gasteiger partial charge on any atom is 0.240 e. The molecule has 112 valence electrons. The van der Waals surface area contributed by atoms with E-state index in [0.717, 1.165) is 15.7 Å². The maximum atomic E-state index is 5.86. The summed E-state index contributed by atoms with van der Waals surface area (Å²) in [6, 6.07) is 8.38. The fourth-order valence-corrected chi connectivity index (χ4v) is 3.33. The predicted molar refractivity (Wildman–Crippen MR) is 84.4 cm³/mol. The average molecular weight is 324 g/mol. The van der Waals surface area contributed by atoms with Crippen molar-refractivity contribution in [3.8, 4) is 0 Å². The number of aromatic nitrogens is 2. The molecule has 21 heavy (non-hydrogen) atoms. The Bertz CT molecular complexity index is 567. The molecule has 1 fully saturated rings. The number of rotatable bonds is 6. The van der Waals surface area contributed by atoms with Gasteiger partial charge in [-0.15, -0.1) is 11.8 Å². The van der Waals surface area contributed by atoms with Crippen molar-refractivity contribution < 1.29 is 4.52 Å². The minimum absolute atomic E-state index is 0.615. The van der Waals surface area contributed by atoms with Gasteiger partial charge in [-0.1, -0.05) is 29.6 Å². The highest BCUT2D eigenvalue weighted by atomic mass is 35.5. The molecular weight excluding hydrogens is 306 g/mol. The Morgan fingerprint density at radius 2 is 2.00 bits per heavy atom. The Morgan fingerprint density at radius 1 is 1.24 bits per heavy atom. The van der Waals surface area contributed by atoms with Crippen LogP contribution in [0, 0.1) is 0 Å². The van der Waals surface area contributed by atoms with E-state index in [2.05, 4.69) is 15.5 Å². The predicted octanol–water partition coefficient (Wildman–Crippen LogP) is 4.05. The summed E-state index contributed by atoms with van der Waals surface area (Å²) in [7, 11) is 0. The van der Waals surface area contributed by atoms with E-state index in [1.54, 1.807) is 11.8 Å².